The van der Waals surface area contributed by atoms with E-state index in [0.29, 0.717) is 16.9 Å². The molecule has 4 rings (SSSR count). The van der Waals surface area contributed by atoms with E-state index >= 15 is 0 Å². The normalized spacial score (nSPS) is 13.4. The van der Waals surface area contributed by atoms with Gasteiger partial charge in [-0.2, -0.15) is 0 Å². The Bertz CT molecular complexity index is 1300. The van der Waals surface area contributed by atoms with E-state index in [1.165, 1.54) is 25.1 Å². The van der Waals surface area contributed by atoms with E-state index in [9.17, 15) is 18.8 Å². The minimum atomic E-state index is -0.679. The maximum absolute atomic E-state index is 14.5. The average Bonchev–Trinajstić information content (AvgIpc) is 3.04. The Hall–Kier alpha value is -4.46. The van der Waals surface area contributed by atoms with Crippen LogP contribution in [0.5, 0.6) is 0 Å². The summed E-state index contributed by atoms with van der Waals surface area (Å²) in [5.74, 6) is -2.21. The molecule has 1 aliphatic heterocycles. The molecule has 0 bridgehead atoms. The first-order chi connectivity index (χ1) is 16.3. The lowest BCUT2D eigenvalue weighted by molar-refractivity contribution is -0.120. The first-order valence-corrected chi connectivity index (χ1v) is 10.6. The highest BCUT2D eigenvalue weighted by Crippen LogP contribution is 2.35. The van der Waals surface area contributed by atoms with Crippen LogP contribution in [0.1, 0.15) is 12.5 Å². The first kappa shape index (κ1) is 22.7. The monoisotopic (exact) mass is 458 g/mol. The maximum atomic E-state index is 14.5. The van der Waals surface area contributed by atoms with Crippen molar-refractivity contribution in [2.75, 3.05) is 34.5 Å². The van der Waals surface area contributed by atoms with Gasteiger partial charge in [0.1, 0.15) is 11.5 Å². The Morgan fingerprint density at radius 1 is 0.853 bits per heavy atom. The van der Waals surface area contributed by atoms with Gasteiger partial charge in [0, 0.05) is 38.1 Å². The molecular weight excluding hydrogens is 435 g/mol. The summed E-state index contributed by atoms with van der Waals surface area (Å²) in [4.78, 5) is 40.9. The Morgan fingerprint density at radius 3 is 2.06 bits per heavy atom. The summed E-state index contributed by atoms with van der Waals surface area (Å²) in [5.41, 5.74) is 2.61. The topological polar surface area (TPSA) is 81.8 Å². The second-order valence-electron chi connectivity index (χ2n) is 7.97. The predicted octanol–water partition coefficient (Wildman–Crippen LogP) is 4.25. The van der Waals surface area contributed by atoms with E-state index in [4.69, 9.17) is 0 Å². The molecule has 172 valence electrons. The van der Waals surface area contributed by atoms with Gasteiger partial charge in [0.15, 0.2) is 0 Å². The van der Waals surface area contributed by atoms with E-state index in [0.717, 1.165) is 10.6 Å². The van der Waals surface area contributed by atoms with Gasteiger partial charge in [-0.15, -0.1) is 0 Å². The molecule has 2 N–H and O–H groups in total. The van der Waals surface area contributed by atoms with Crippen LogP contribution in [-0.4, -0.2) is 31.8 Å². The molecule has 3 aromatic carbocycles. The van der Waals surface area contributed by atoms with E-state index in [1.54, 1.807) is 42.5 Å². The Labute approximate surface area is 196 Å². The summed E-state index contributed by atoms with van der Waals surface area (Å²) in [7, 11) is 3.83. The van der Waals surface area contributed by atoms with Crippen LogP contribution in [0.3, 0.4) is 0 Å². The minimum Gasteiger partial charge on any atom is -0.378 e. The lowest BCUT2D eigenvalue weighted by atomic mass is 10.0. The van der Waals surface area contributed by atoms with Gasteiger partial charge in [-0.05, 0) is 54.1 Å². The van der Waals surface area contributed by atoms with E-state index in [1.807, 2.05) is 31.1 Å². The fourth-order valence-electron chi connectivity index (χ4n) is 3.68. The number of hydrogen-bond donors (Lipinski definition) is 2. The molecule has 8 heteroatoms. The number of imide groups is 1. The van der Waals surface area contributed by atoms with Crippen LogP contribution in [0.15, 0.2) is 78.5 Å². The highest BCUT2D eigenvalue weighted by Gasteiger charge is 2.41. The number of para-hydroxylation sites is 1. The highest BCUT2D eigenvalue weighted by atomic mass is 19.1. The first-order valence-electron chi connectivity index (χ1n) is 10.6. The molecule has 0 saturated heterocycles. The second kappa shape index (κ2) is 9.19. The second-order valence-corrected chi connectivity index (χ2v) is 7.97. The van der Waals surface area contributed by atoms with E-state index in [2.05, 4.69) is 10.6 Å². The zero-order chi connectivity index (χ0) is 24.4. The molecule has 7 nitrogen and oxygen atoms in total. The van der Waals surface area contributed by atoms with Gasteiger partial charge in [0.2, 0.25) is 5.91 Å². The number of rotatable bonds is 6. The number of carbonyl (C=O) groups excluding carboxylic acids is 3. The van der Waals surface area contributed by atoms with Crippen LogP contribution >= 0.6 is 0 Å². The number of anilines is 4. The zero-order valence-corrected chi connectivity index (χ0v) is 18.9. The fraction of sp³-hybridized carbons (Fsp3) is 0.115. The van der Waals surface area contributed by atoms with Gasteiger partial charge in [-0.25, -0.2) is 9.29 Å². The van der Waals surface area contributed by atoms with Crippen molar-refractivity contribution < 1.29 is 18.8 Å². The molecule has 1 heterocycles. The summed E-state index contributed by atoms with van der Waals surface area (Å²) < 4.78 is 14.5. The third kappa shape index (κ3) is 4.38. The lowest BCUT2D eigenvalue weighted by Gasteiger charge is -2.16. The molecule has 0 radical (unpaired) electrons. The van der Waals surface area contributed by atoms with Gasteiger partial charge in [0.25, 0.3) is 11.8 Å². The molecule has 3 amide bonds. The van der Waals surface area contributed by atoms with Crippen molar-refractivity contribution in [3.63, 3.8) is 0 Å². The number of benzene rings is 3. The largest absolute Gasteiger partial charge is 0.378 e. The van der Waals surface area contributed by atoms with E-state index < -0.39 is 17.6 Å². The number of nitrogens with one attached hydrogen (secondary N) is 2. The molecular formula is C26H23FN4O3. The van der Waals surface area contributed by atoms with Crippen molar-refractivity contribution in [3.05, 3.63) is 89.9 Å². The third-order valence-corrected chi connectivity index (χ3v) is 5.32. The van der Waals surface area contributed by atoms with Gasteiger partial charge >= 0.3 is 0 Å². The zero-order valence-electron chi connectivity index (χ0n) is 18.9. The summed E-state index contributed by atoms with van der Waals surface area (Å²) >= 11 is 0. The van der Waals surface area contributed by atoms with Gasteiger partial charge in [-0.1, -0.05) is 24.3 Å². The molecule has 0 unspecified atom stereocenters. The van der Waals surface area contributed by atoms with E-state index in [-0.39, 0.29) is 22.9 Å². The molecule has 0 aliphatic carbocycles. The van der Waals surface area contributed by atoms with Crippen molar-refractivity contribution in [1.82, 2.24) is 0 Å². The third-order valence-electron chi connectivity index (χ3n) is 5.32. The summed E-state index contributed by atoms with van der Waals surface area (Å²) in [6.07, 6.45) is 0. The molecule has 0 fully saturated rings. The molecule has 34 heavy (non-hydrogen) atoms. The van der Waals surface area contributed by atoms with Crippen LogP contribution in [0.4, 0.5) is 27.1 Å². The van der Waals surface area contributed by atoms with Crippen LogP contribution in [0, 0.1) is 5.82 Å². The molecule has 0 spiro atoms. The quantitative estimate of drug-likeness (QED) is 0.540. The predicted molar refractivity (Wildman–Crippen MR) is 131 cm³/mol. The van der Waals surface area contributed by atoms with Crippen molar-refractivity contribution in [3.8, 4) is 0 Å². The standard InChI is InChI=1S/C26H23FN4O3/c1-16(32)28-18-10-8-17(9-11-18)23-24(29-19-12-14-20(15-13-19)30(2)3)26(34)31(25(23)33)22-7-5-4-6-21(22)27/h4-15,29H,1-3H3,(H,28,32). The number of halogens is 1. The van der Waals surface area contributed by atoms with Crippen molar-refractivity contribution in [1.29, 1.82) is 0 Å². The minimum absolute atomic E-state index is 0.0399. The number of amides is 3. The summed E-state index contributed by atoms with van der Waals surface area (Å²) in [5, 5.41) is 5.72. The summed E-state index contributed by atoms with van der Waals surface area (Å²) in [6.45, 7) is 1.39. The smallest absolute Gasteiger partial charge is 0.282 e. The van der Waals surface area contributed by atoms with Crippen LogP contribution in [0.2, 0.25) is 0 Å². The Balaban J connectivity index is 1.77. The Morgan fingerprint density at radius 2 is 1.47 bits per heavy atom. The van der Waals surface area contributed by atoms with Gasteiger partial charge < -0.3 is 15.5 Å². The Kier molecular flexibility index (Phi) is 6.14. The van der Waals surface area contributed by atoms with Crippen LogP contribution in [-0.2, 0) is 14.4 Å². The summed E-state index contributed by atoms with van der Waals surface area (Å²) in [6, 6.07) is 19.5. The van der Waals surface area contributed by atoms with Crippen molar-refractivity contribution in [2.45, 2.75) is 6.92 Å². The van der Waals surface area contributed by atoms with Crippen molar-refractivity contribution in [2.24, 2.45) is 0 Å². The molecule has 0 saturated carbocycles. The van der Waals surface area contributed by atoms with Gasteiger partial charge in [-0.3, -0.25) is 14.4 Å². The van der Waals surface area contributed by atoms with Crippen LogP contribution in [0.25, 0.3) is 5.57 Å². The highest BCUT2D eigenvalue weighted by molar-refractivity contribution is 6.46. The van der Waals surface area contributed by atoms with Crippen LogP contribution < -0.4 is 20.4 Å². The number of hydrogen-bond acceptors (Lipinski definition) is 5. The molecule has 0 aromatic heterocycles. The molecule has 1 aliphatic rings. The molecule has 3 aromatic rings. The fourth-order valence-corrected chi connectivity index (χ4v) is 3.68. The number of carbonyl (C=O) groups is 3. The lowest BCUT2D eigenvalue weighted by Crippen LogP contribution is -2.33. The average molecular weight is 458 g/mol. The van der Waals surface area contributed by atoms with Crippen molar-refractivity contribution >= 4 is 46.0 Å². The maximum Gasteiger partial charge on any atom is 0.282 e. The molecule has 0 atom stereocenters. The SMILES string of the molecule is CC(=O)Nc1ccc(C2=C(Nc3ccc(N(C)C)cc3)C(=O)N(c3ccccc3F)C2=O)cc1. The van der Waals surface area contributed by atoms with Gasteiger partial charge in [0.05, 0.1) is 11.3 Å². The number of nitrogens with zero attached hydrogens (tertiary/aromatic N) is 2.